The molecule has 3 aromatic rings. The average molecular weight is 460 g/mol. The maximum absolute atomic E-state index is 13.1. The summed E-state index contributed by atoms with van der Waals surface area (Å²) >= 11 is 0. The first kappa shape index (κ1) is 23.8. The molecule has 0 spiro atoms. The predicted molar refractivity (Wildman–Crippen MR) is 133 cm³/mol. The number of hydrogen-bond donors (Lipinski definition) is 1. The number of nitrogens with zero attached hydrogens (tertiary/aromatic N) is 2. The molecule has 0 fully saturated rings. The number of aromatic nitrogens is 1. The molecule has 0 bridgehead atoms. The van der Waals surface area contributed by atoms with E-state index in [1.165, 1.54) is 0 Å². The van der Waals surface area contributed by atoms with Crippen LogP contribution in [0.15, 0.2) is 67.0 Å². The highest BCUT2D eigenvalue weighted by Gasteiger charge is 2.24. The number of benzene rings is 2. The number of nitrogens with one attached hydrogen (secondary N) is 1. The van der Waals surface area contributed by atoms with Gasteiger partial charge in [-0.25, -0.2) is 0 Å². The highest BCUT2D eigenvalue weighted by Crippen LogP contribution is 2.30. The molecule has 1 amide bonds. The van der Waals surface area contributed by atoms with E-state index in [1.54, 1.807) is 19.5 Å². The van der Waals surface area contributed by atoms with Gasteiger partial charge in [-0.15, -0.1) is 0 Å². The molecule has 1 aromatic heterocycles. The minimum Gasteiger partial charge on any atom is -0.497 e. The number of fused-ring (bicyclic) bond motifs is 1. The molecule has 6 nitrogen and oxygen atoms in total. The monoisotopic (exact) mass is 459 g/mol. The number of carbonyl (C=O) groups excluding carboxylic acids is 1. The molecule has 2 heterocycles. The van der Waals surface area contributed by atoms with Gasteiger partial charge in [-0.3, -0.25) is 14.7 Å². The Kier molecular flexibility index (Phi) is 7.80. The summed E-state index contributed by atoms with van der Waals surface area (Å²) in [5.41, 5.74) is 4.35. The summed E-state index contributed by atoms with van der Waals surface area (Å²) in [4.78, 5) is 19.6. The van der Waals surface area contributed by atoms with Crippen LogP contribution in [0.1, 0.15) is 48.1 Å². The topological polar surface area (TPSA) is 63.7 Å². The molecule has 0 aliphatic carbocycles. The van der Waals surface area contributed by atoms with E-state index in [-0.39, 0.29) is 18.1 Å². The quantitative estimate of drug-likeness (QED) is 0.531. The van der Waals surface area contributed by atoms with Crippen molar-refractivity contribution in [3.05, 3.63) is 89.2 Å². The zero-order valence-corrected chi connectivity index (χ0v) is 20.2. The number of methoxy groups -OCH3 is 1. The van der Waals surface area contributed by atoms with E-state index in [4.69, 9.17) is 9.47 Å². The van der Waals surface area contributed by atoms with Gasteiger partial charge in [0.05, 0.1) is 13.2 Å². The molecule has 1 N–H and O–H groups in total. The van der Waals surface area contributed by atoms with Crippen molar-refractivity contribution in [3.8, 4) is 11.5 Å². The van der Waals surface area contributed by atoms with Crippen LogP contribution in [0.25, 0.3) is 0 Å². The maximum Gasteiger partial charge on any atom is 0.222 e. The average Bonchev–Trinajstić information content (AvgIpc) is 3.05. The maximum atomic E-state index is 13.1. The van der Waals surface area contributed by atoms with Crippen molar-refractivity contribution in [1.29, 1.82) is 0 Å². The second-order valence-electron chi connectivity index (χ2n) is 8.74. The Labute approximate surface area is 201 Å². The van der Waals surface area contributed by atoms with Gasteiger partial charge >= 0.3 is 0 Å². The van der Waals surface area contributed by atoms with Crippen molar-refractivity contribution in [1.82, 2.24) is 15.2 Å². The molecule has 6 heteroatoms. The van der Waals surface area contributed by atoms with Gasteiger partial charge in [0.15, 0.2) is 0 Å². The van der Waals surface area contributed by atoms with Crippen LogP contribution >= 0.6 is 0 Å². The molecule has 178 valence electrons. The Morgan fingerprint density at radius 1 is 1.21 bits per heavy atom. The van der Waals surface area contributed by atoms with E-state index in [0.717, 1.165) is 53.3 Å². The minimum absolute atomic E-state index is 0.0224. The van der Waals surface area contributed by atoms with Crippen LogP contribution in [0.2, 0.25) is 0 Å². The first-order valence-electron chi connectivity index (χ1n) is 11.9. The standard InChI is InChI=1S/C28H33N3O3/c1-4-23-19-31(18-22-17-24(33-3)9-10-26(22)34-23)16-13-27(32)30-28(21-11-14-29-15-12-21)25-8-6-5-7-20(25)2/h5-12,14-15,17,23,28H,4,13,16,18-19H2,1-3H3,(H,30,32)/t23-,28-/m0/s1. The fraction of sp³-hybridized carbons (Fsp3) is 0.357. The van der Waals surface area contributed by atoms with Gasteiger partial charge in [0.1, 0.15) is 17.6 Å². The lowest BCUT2D eigenvalue weighted by Crippen LogP contribution is -2.36. The summed E-state index contributed by atoms with van der Waals surface area (Å²) in [6.45, 7) is 6.36. The van der Waals surface area contributed by atoms with E-state index >= 15 is 0 Å². The van der Waals surface area contributed by atoms with Gasteiger partial charge in [-0.05, 0) is 60.4 Å². The second kappa shape index (κ2) is 11.2. The van der Waals surface area contributed by atoms with Crippen LogP contribution in [-0.4, -0.2) is 42.1 Å². The van der Waals surface area contributed by atoms with Crippen LogP contribution in [0, 0.1) is 6.92 Å². The van der Waals surface area contributed by atoms with Gasteiger partial charge in [0.2, 0.25) is 5.91 Å². The summed E-state index contributed by atoms with van der Waals surface area (Å²) < 4.78 is 11.6. The summed E-state index contributed by atoms with van der Waals surface area (Å²) in [7, 11) is 1.67. The molecule has 0 radical (unpaired) electrons. The molecular weight excluding hydrogens is 426 g/mol. The predicted octanol–water partition coefficient (Wildman–Crippen LogP) is 4.67. The zero-order valence-electron chi connectivity index (χ0n) is 20.2. The molecule has 34 heavy (non-hydrogen) atoms. The third-order valence-corrected chi connectivity index (χ3v) is 6.37. The molecule has 1 aliphatic rings. The number of amides is 1. The molecule has 0 saturated heterocycles. The van der Waals surface area contributed by atoms with E-state index < -0.39 is 0 Å². The summed E-state index contributed by atoms with van der Waals surface area (Å²) in [5, 5.41) is 3.26. The van der Waals surface area contributed by atoms with E-state index in [1.807, 2.05) is 42.5 Å². The number of pyridine rings is 1. The lowest BCUT2D eigenvalue weighted by Gasteiger charge is -2.24. The van der Waals surface area contributed by atoms with E-state index in [9.17, 15) is 4.79 Å². The molecule has 2 aromatic carbocycles. The highest BCUT2D eigenvalue weighted by atomic mass is 16.5. The first-order chi connectivity index (χ1) is 16.6. The van der Waals surface area contributed by atoms with Crippen molar-refractivity contribution >= 4 is 5.91 Å². The minimum atomic E-state index is -0.211. The number of ether oxygens (including phenoxy) is 2. The summed E-state index contributed by atoms with van der Waals surface area (Å²) in [5.74, 6) is 1.74. The number of rotatable bonds is 8. The number of carbonyl (C=O) groups is 1. The largest absolute Gasteiger partial charge is 0.497 e. The molecule has 4 rings (SSSR count). The highest BCUT2D eigenvalue weighted by molar-refractivity contribution is 5.77. The Hall–Kier alpha value is -3.38. The molecule has 1 aliphatic heterocycles. The van der Waals surface area contributed by atoms with Crippen LogP contribution in [0.4, 0.5) is 0 Å². The Morgan fingerprint density at radius 3 is 2.74 bits per heavy atom. The molecule has 2 atom stereocenters. The third kappa shape index (κ3) is 5.75. The van der Waals surface area contributed by atoms with Crippen molar-refractivity contribution in [3.63, 3.8) is 0 Å². The summed E-state index contributed by atoms with van der Waals surface area (Å²) in [6.07, 6.45) is 4.94. The Balaban J connectivity index is 1.46. The SMILES string of the molecule is CC[C@H]1CN(CCC(=O)N[C@@H](c2ccncc2)c2ccccc2C)Cc2cc(OC)ccc2O1. The fourth-order valence-corrected chi connectivity index (χ4v) is 4.41. The lowest BCUT2D eigenvalue weighted by molar-refractivity contribution is -0.122. The smallest absolute Gasteiger partial charge is 0.222 e. The van der Waals surface area contributed by atoms with Crippen LogP contribution in [0.3, 0.4) is 0 Å². The molecule has 0 saturated carbocycles. The molecule has 0 unspecified atom stereocenters. The van der Waals surface area contributed by atoms with Crippen LogP contribution in [0.5, 0.6) is 11.5 Å². The van der Waals surface area contributed by atoms with Crippen molar-refractivity contribution in [2.75, 3.05) is 20.2 Å². The van der Waals surface area contributed by atoms with Gasteiger partial charge in [0.25, 0.3) is 0 Å². The van der Waals surface area contributed by atoms with Gasteiger partial charge in [0, 0.05) is 44.0 Å². The van der Waals surface area contributed by atoms with Gasteiger partial charge in [-0.1, -0.05) is 31.2 Å². The van der Waals surface area contributed by atoms with Gasteiger partial charge in [-0.2, -0.15) is 0 Å². The van der Waals surface area contributed by atoms with Gasteiger partial charge < -0.3 is 14.8 Å². The normalized spacial score (nSPS) is 16.6. The lowest BCUT2D eigenvalue weighted by atomic mass is 9.95. The van der Waals surface area contributed by atoms with Crippen LogP contribution < -0.4 is 14.8 Å². The third-order valence-electron chi connectivity index (χ3n) is 6.37. The first-order valence-corrected chi connectivity index (χ1v) is 11.9. The van der Waals surface area contributed by atoms with Crippen molar-refractivity contribution in [2.45, 2.75) is 45.4 Å². The second-order valence-corrected chi connectivity index (χ2v) is 8.74. The number of hydrogen-bond acceptors (Lipinski definition) is 5. The number of aryl methyl sites for hydroxylation is 1. The zero-order chi connectivity index (χ0) is 23.9. The van der Waals surface area contributed by atoms with Crippen molar-refractivity contribution < 1.29 is 14.3 Å². The van der Waals surface area contributed by atoms with Crippen LogP contribution in [-0.2, 0) is 11.3 Å². The van der Waals surface area contributed by atoms with E-state index in [2.05, 4.69) is 41.2 Å². The Morgan fingerprint density at radius 2 is 2.00 bits per heavy atom. The molecular formula is C28H33N3O3. The Bertz CT molecular complexity index is 1100. The summed E-state index contributed by atoms with van der Waals surface area (Å²) in [6, 6.07) is 17.8. The van der Waals surface area contributed by atoms with E-state index in [0.29, 0.717) is 13.0 Å². The van der Waals surface area contributed by atoms with Crippen molar-refractivity contribution in [2.24, 2.45) is 0 Å². The fourth-order valence-electron chi connectivity index (χ4n) is 4.41.